The number of benzene rings is 1. The Morgan fingerprint density at radius 1 is 1.50 bits per heavy atom. The monoisotopic (exact) mass is 287 g/mol. The molecule has 1 N–H and O–H groups in total. The van der Waals surface area contributed by atoms with Gasteiger partial charge in [0.05, 0.1) is 17.5 Å². The predicted molar refractivity (Wildman–Crippen MR) is 76.7 cm³/mol. The molecule has 0 saturated carbocycles. The number of hydrogen-bond acceptors (Lipinski definition) is 5. The van der Waals surface area contributed by atoms with Crippen molar-refractivity contribution < 1.29 is 4.79 Å². The summed E-state index contributed by atoms with van der Waals surface area (Å²) in [4.78, 5) is 11.1. The molecule has 1 heterocycles. The van der Waals surface area contributed by atoms with E-state index in [0.29, 0.717) is 16.6 Å². The van der Waals surface area contributed by atoms with Crippen LogP contribution in [0.3, 0.4) is 0 Å². The number of carbonyl (C=O) groups excluding carboxylic acids is 1. The summed E-state index contributed by atoms with van der Waals surface area (Å²) in [5, 5.41) is 20.1. The van der Waals surface area contributed by atoms with Crippen molar-refractivity contribution in [2.45, 2.75) is 19.0 Å². The molecule has 102 valence electrons. The van der Waals surface area contributed by atoms with Crippen LogP contribution >= 0.6 is 11.8 Å². The molecule has 1 aromatic carbocycles. The molecule has 2 rings (SSSR count). The van der Waals surface area contributed by atoms with Crippen molar-refractivity contribution >= 4 is 23.4 Å². The zero-order chi connectivity index (χ0) is 14.5. The number of carbonyl (C=O) groups is 1. The van der Waals surface area contributed by atoms with Gasteiger partial charge in [-0.1, -0.05) is 17.8 Å². The van der Waals surface area contributed by atoms with Crippen molar-refractivity contribution in [1.82, 2.24) is 14.8 Å². The van der Waals surface area contributed by atoms with E-state index in [9.17, 15) is 4.79 Å². The molecule has 0 aliphatic carbocycles. The normalized spacial score (nSPS) is 10.1. The third kappa shape index (κ3) is 3.16. The minimum Gasteiger partial charge on any atom is -0.326 e. The molecule has 0 bridgehead atoms. The third-order valence-corrected chi connectivity index (χ3v) is 3.28. The molecule has 6 nitrogen and oxygen atoms in total. The number of nitrogens with zero attached hydrogens (tertiary/aromatic N) is 4. The molecule has 0 aliphatic rings. The van der Waals surface area contributed by atoms with Crippen LogP contribution in [0.25, 0.3) is 5.69 Å². The maximum absolute atomic E-state index is 11.1. The van der Waals surface area contributed by atoms with Crippen molar-refractivity contribution in [3.63, 3.8) is 0 Å². The highest BCUT2D eigenvalue weighted by atomic mass is 32.2. The fourth-order valence-corrected chi connectivity index (χ4v) is 2.42. The smallest absolute Gasteiger partial charge is 0.221 e. The summed E-state index contributed by atoms with van der Waals surface area (Å²) in [5.41, 5.74) is 1.55. The van der Waals surface area contributed by atoms with E-state index in [2.05, 4.69) is 21.6 Å². The van der Waals surface area contributed by atoms with Gasteiger partial charge in [-0.3, -0.25) is 9.36 Å². The largest absolute Gasteiger partial charge is 0.326 e. The lowest BCUT2D eigenvalue weighted by molar-refractivity contribution is -0.114. The van der Waals surface area contributed by atoms with Gasteiger partial charge in [-0.15, -0.1) is 10.2 Å². The van der Waals surface area contributed by atoms with Crippen LogP contribution in [0.5, 0.6) is 0 Å². The Morgan fingerprint density at radius 3 is 3.00 bits per heavy atom. The fourth-order valence-electron chi connectivity index (χ4n) is 1.76. The van der Waals surface area contributed by atoms with Crippen LogP contribution in [0, 0.1) is 18.3 Å². The minimum atomic E-state index is -0.123. The van der Waals surface area contributed by atoms with E-state index in [1.807, 2.05) is 35.8 Å². The van der Waals surface area contributed by atoms with Gasteiger partial charge in [0.15, 0.2) is 5.16 Å². The second kappa shape index (κ2) is 6.21. The van der Waals surface area contributed by atoms with Crippen LogP contribution in [-0.2, 0) is 4.79 Å². The van der Waals surface area contributed by atoms with E-state index >= 15 is 0 Å². The number of hydrogen-bond donors (Lipinski definition) is 1. The number of aromatic nitrogens is 3. The first kappa shape index (κ1) is 14.1. The first-order valence-corrected chi connectivity index (χ1v) is 6.90. The number of rotatable bonds is 4. The van der Waals surface area contributed by atoms with Crippen LogP contribution < -0.4 is 5.32 Å². The van der Waals surface area contributed by atoms with E-state index in [1.54, 1.807) is 0 Å². The summed E-state index contributed by atoms with van der Waals surface area (Å²) >= 11 is 1.32. The Balaban J connectivity index is 2.38. The SMILES string of the molecule is CC(=O)Nc1cccc(-n2c(C)nnc2SCC#N)c1. The van der Waals surface area contributed by atoms with Crippen LogP contribution in [0.15, 0.2) is 29.4 Å². The lowest BCUT2D eigenvalue weighted by Crippen LogP contribution is -2.07. The van der Waals surface area contributed by atoms with Gasteiger partial charge in [0.2, 0.25) is 5.91 Å². The summed E-state index contributed by atoms with van der Waals surface area (Å²) in [6.07, 6.45) is 0. The number of thioether (sulfide) groups is 1. The molecule has 0 spiro atoms. The Labute approximate surface area is 120 Å². The van der Waals surface area contributed by atoms with Crippen molar-refractivity contribution in [3.05, 3.63) is 30.1 Å². The van der Waals surface area contributed by atoms with Gasteiger partial charge in [0.1, 0.15) is 5.82 Å². The maximum atomic E-state index is 11.1. The maximum Gasteiger partial charge on any atom is 0.221 e. The number of aryl methyl sites for hydroxylation is 1. The topological polar surface area (TPSA) is 83.6 Å². The summed E-state index contributed by atoms with van der Waals surface area (Å²) in [5.74, 6) is 0.913. The van der Waals surface area contributed by atoms with Gasteiger partial charge < -0.3 is 5.32 Å². The Kier molecular flexibility index (Phi) is 4.38. The van der Waals surface area contributed by atoms with Gasteiger partial charge in [0, 0.05) is 12.6 Å². The zero-order valence-electron chi connectivity index (χ0n) is 11.1. The number of nitrogens with one attached hydrogen (secondary N) is 1. The number of anilines is 1. The molecular weight excluding hydrogens is 274 g/mol. The molecule has 7 heteroatoms. The summed E-state index contributed by atoms with van der Waals surface area (Å²) in [6, 6.07) is 9.47. The van der Waals surface area contributed by atoms with Gasteiger partial charge in [0.25, 0.3) is 0 Å². The van der Waals surface area contributed by atoms with Crippen LogP contribution in [-0.4, -0.2) is 26.4 Å². The van der Waals surface area contributed by atoms with Crippen LogP contribution in [0.4, 0.5) is 5.69 Å². The second-order valence-corrected chi connectivity index (χ2v) is 4.99. The van der Waals surface area contributed by atoms with Gasteiger partial charge in [-0.2, -0.15) is 5.26 Å². The highest BCUT2D eigenvalue weighted by Crippen LogP contribution is 2.23. The van der Waals surface area contributed by atoms with E-state index < -0.39 is 0 Å². The number of nitriles is 1. The lowest BCUT2D eigenvalue weighted by Gasteiger charge is -2.09. The van der Waals surface area contributed by atoms with Crippen molar-refractivity contribution in [2.75, 3.05) is 11.1 Å². The Morgan fingerprint density at radius 2 is 2.30 bits per heavy atom. The van der Waals surface area contributed by atoms with E-state index in [0.717, 1.165) is 11.5 Å². The third-order valence-electron chi connectivity index (χ3n) is 2.49. The van der Waals surface area contributed by atoms with E-state index in [4.69, 9.17) is 5.26 Å². The Hall–Kier alpha value is -2.33. The van der Waals surface area contributed by atoms with Gasteiger partial charge in [-0.05, 0) is 25.1 Å². The first-order valence-electron chi connectivity index (χ1n) is 5.91. The highest BCUT2D eigenvalue weighted by molar-refractivity contribution is 7.99. The number of amides is 1. The molecule has 20 heavy (non-hydrogen) atoms. The van der Waals surface area contributed by atoms with E-state index in [1.165, 1.54) is 18.7 Å². The summed E-state index contributed by atoms with van der Waals surface area (Å²) in [7, 11) is 0. The van der Waals surface area contributed by atoms with Crippen molar-refractivity contribution in [2.24, 2.45) is 0 Å². The predicted octanol–water partition coefficient (Wildman–Crippen LogP) is 2.15. The van der Waals surface area contributed by atoms with Gasteiger partial charge >= 0.3 is 0 Å². The van der Waals surface area contributed by atoms with Crippen LogP contribution in [0.1, 0.15) is 12.7 Å². The molecule has 1 aromatic heterocycles. The molecule has 0 fully saturated rings. The molecule has 0 saturated heterocycles. The Bertz CT molecular complexity index is 674. The molecule has 1 amide bonds. The molecule has 0 unspecified atom stereocenters. The summed E-state index contributed by atoms with van der Waals surface area (Å²) < 4.78 is 1.85. The molecular formula is C13H13N5OS. The molecule has 0 atom stereocenters. The molecule has 0 aliphatic heterocycles. The quantitative estimate of drug-likeness (QED) is 0.871. The summed E-state index contributed by atoms with van der Waals surface area (Å²) in [6.45, 7) is 3.30. The van der Waals surface area contributed by atoms with Gasteiger partial charge in [-0.25, -0.2) is 0 Å². The van der Waals surface area contributed by atoms with E-state index in [-0.39, 0.29) is 5.91 Å². The van der Waals surface area contributed by atoms with Crippen molar-refractivity contribution in [1.29, 1.82) is 5.26 Å². The minimum absolute atomic E-state index is 0.123. The molecule has 0 radical (unpaired) electrons. The standard InChI is InChI=1S/C13H13N5OS/c1-9-16-17-13(20-7-6-14)18(9)12-5-3-4-11(8-12)15-10(2)19/h3-5,8H,7H2,1-2H3,(H,15,19). The average Bonchev–Trinajstić information content (AvgIpc) is 2.77. The van der Waals surface area contributed by atoms with Crippen LogP contribution in [0.2, 0.25) is 0 Å². The first-order chi connectivity index (χ1) is 9.61. The molecule has 2 aromatic rings. The lowest BCUT2D eigenvalue weighted by atomic mass is 10.2. The highest BCUT2D eigenvalue weighted by Gasteiger charge is 2.11. The average molecular weight is 287 g/mol. The van der Waals surface area contributed by atoms with Crippen molar-refractivity contribution in [3.8, 4) is 11.8 Å². The fraction of sp³-hybridized carbons (Fsp3) is 0.231. The zero-order valence-corrected chi connectivity index (χ0v) is 11.9. The second-order valence-electron chi connectivity index (χ2n) is 4.04.